The van der Waals surface area contributed by atoms with E-state index in [1.54, 1.807) is 0 Å². The van der Waals surface area contributed by atoms with E-state index < -0.39 is 23.7 Å². The van der Waals surface area contributed by atoms with Crippen molar-refractivity contribution in [3.8, 4) is 0 Å². The number of rotatable bonds is 6. The number of carbonyl (C=O) groups is 3. The molecule has 0 spiro atoms. The largest absolute Gasteiger partial charge is 0.322 e. The molecule has 7 nitrogen and oxygen atoms in total. The maximum absolute atomic E-state index is 15.3. The summed E-state index contributed by atoms with van der Waals surface area (Å²) < 4.78 is 15.3. The van der Waals surface area contributed by atoms with Crippen molar-refractivity contribution in [1.29, 1.82) is 0 Å². The minimum absolute atomic E-state index is 0.0454. The third kappa shape index (κ3) is 5.29. The van der Waals surface area contributed by atoms with Crippen molar-refractivity contribution in [3.63, 3.8) is 0 Å². The molecule has 3 aromatic carbocycles. The molecule has 1 unspecified atom stereocenters. The Morgan fingerprint density at radius 1 is 0.875 bits per heavy atom. The van der Waals surface area contributed by atoms with Crippen LogP contribution in [0.4, 0.5) is 4.39 Å². The predicted molar refractivity (Wildman–Crippen MR) is 149 cm³/mol. The van der Waals surface area contributed by atoms with E-state index in [4.69, 9.17) is 0 Å². The second kappa shape index (κ2) is 11.3. The minimum atomic E-state index is -0.751. The maximum atomic E-state index is 15.3. The Labute approximate surface area is 233 Å². The lowest BCUT2D eigenvalue weighted by Crippen LogP contribution is -2.52. The molecular formula is C32H33FN4O3. The number of nitrogens with one attached hydrogen (secondary N) is 1. The van der Waals surface area contributed by atoms with Crippen molar-refractivity contribution in [3.05, 3.63) is 106 Å². The van der Waals surface area contributed by atoms with Crippen LogP contribution in [-0.4, -0.2) is 64.6 Å². The molecule has 3 aliphatic heterocycles. The van der Waals surface area contributed by atoms with E-state index in [9.17, 15) is 14.4 Å². The van der Waals surface area contributed by atoms with Crippen LogP contribution in [0.1, 0.15) is 57.9 Å². The molecule has 3 aromatic rings. The summed E-state index contributed by atoms with van der Waals surface area (Å²) >= 11 is 0. The number of nitrogens with zero attached hydrogens (tertiary/aromatic N) is 3. The van der Waals surface area contributed by atoms with Gasteiger partial charge >= 0.3 is 0 Å². The lowest BCUT2D eigenvalue weighted by atomic mass is 9.97. The van der Waals surface area contributed by atoms with E-state index >= 15 is 4.39 Å². The molecule has 206 valence electrons. The molecule has 6 rings (SSSR count). The van der Waals surface area contributed by atoms with Gasteiger partial charge in [0.25, 0.3) is 5.91 Å². The Morgan fingerprint density at radius 2 is 1.57 bits per heavy atom. The third-order valence-corrected chi connectivity index (χ3v) is 8.26. The molecular weight excluding hydrogens is 507 g/mol. The Kier molecular flexibility index (Phi) is 7.45. The van der Waals surface area contributed by atoms with Crippen molar-refractivity contribution in [2.45, 2.75) is 44.4 Å². The lowest BCUT2D eigenvalue weighted by molar-refractivity contribution is -0.136. The van der Waals surface area contributed by atoms with Gasteiger partial charge in [-0.15, -0.1) is 0 Å². The fourth-order valence-electron chi connectivity index (χ4n) is 6.36. The van der Waals surface area contributed by atoms with Crippen LogP contribution in [0.15, 0.2) is 72.8 Å². The zero-order chi connectivity index (χ0) is 27.6. The smallest absolute Gasteiger partial charge is 0.258 e. The van der Waals surface area contributed by atoms with E-state index in [0.717, 1.165) is 38.2 Å². The van der Waals surface area contributed by atoms with Gasteiger partial charge in [0.05, 0.1) is 11.6 Å². The fourth-order valence-corrected chi connectivity index (χ4v) is 6.36. The molecule has 2 fully saturated rings. The first-order valence-electron chi connectivity index (χ1n) is 14.0. The molecule has 3 heterocycles. The first-order valence-corrected chi connectivity index (χ1v) is 14.0. The summed E-state index contributed by atoms with van der Waals surface area (Å²) in [6, 6.07) is 24.0. The highest BCUT2D eigenvalue weighted by Gasteiger charge is 2.40. The third-order valence-electron chi connectivity index (χ3n) is 8.26. The quantitative estimate of drug-likeness (QED) is 0.481. The number of fused-ring (bicyclic) bond motifs is 1. The molecule has 3 aliphatic rings. The van der Waals surface area contributed by atoms with Crippen LogP contribution in [0, 0.1) is 5.82 Å². The predicted octanol–water partition coefficient (Wildman–Crippen LogP) is 3.88. The normalized spacial score (nSPS) is 20.5. The van der Waals surface area contributed by atoms with Crippen molar-refractivity contribution in [2.24, 2.45) is 0 Å². The molecule has 8 heteroatoms. The zero-order valence-corrected chi connectivity index (χ0v) is 22.4. The van der Waals surface area contributed by atoms with Crippen LogP contribution in [0.3, 0.4) is 0 Å². The van der Waals surface area contributed by atoms with Gasteiger partial charge in [-0.3, -0.25) is 29.5 Å². The number of imide groups is 1. The van der Waals surface area contributed by atoms with Crippen molar-refractivity contribution in [2.75, 3.05) is 26.2 Å². The van der Waals surface area contributed by atoms with E-state index in [1.807, 2.05) is 18.2 Å². The van der Waals surface area contributed by atoms with Gasteiger partial charge in [-0.2, -0.15) is 0 Å². The SMILES string of the molecule is O=C1CCC(N2Cc3cc(CN4CCCN(C(c5ccccc5)c5ccccc5)CC4)cc(F)c3C2=O)C(=O)N1. The van der Waals surface area contributed by atoms with Crippen LogP contribution >= 0.6 is 0 Å². The molecule has 0 bridgehead atoms. The second-order valence-corrected chi connectivity index (χ2v) is 10.9. The molecule has 40 heavy (non-hydrogen) atoms. The number of amides is 3. The number of piperidine rings is 1. The van der Waals surface area contributed by atoms with Crippen molar-refractivity contribution < 1.29 is 18.8 Å². The lowest BCUT2D eigenvalue weighted by Gasteiger charge is -2.31. The highest BCUT2D eigenvalue weighted by Crippen LogP contribution is 2.32. The van der Waals surface area contributed by atoms with Gasteiger partial charge in [0.1, 0.15) is 11.9 Å². The minimum Gasteiger partial charge on any atom is -0.322 e. The molecule has 0 aliphatic carbocycles. The molecule has 0 aromatic heterocycles. The van der Waals surface area contributed by atoms with Gasteiger partial charge in [0, 0.05) is 39.1 Å². The van der Waals surface area contributed by atoms with Gasteiger partial charge in [-0.1, -0.05) is 66.7 Å². The number of carbonyl (C=O) groups excluding carboxylic acids is 3. The molecule has 2 saturated heterocycles. The molecule has 0 radical (unpaired) electrons. The van der Waals surface area contributed by atoms with E-state index in [2.05, 4.69) is 63.6 Å². The van der Waals surface area contributed by atoms with Crippen molar-refractivity contribution in [1.82, 2.24) is 20.0 Å². The summed E-state index contributed by atoms with van der Waals surface area (Å²) in [7, 11) is 0. The number of hydrogen-bond donors (Lipinski definition) is 1. The number of hydrogen-bond acceptors (Lipinski definition) is 5. The van der Waals surface area contributed by atoms with Gasteiger partial charge in [-0.25, -0.2) is 4.39 Å². The molecule has 1 N–H and O–H groups in total. The van der Waals surface area contributed by atoms with Crippen LogP contribution in [0.25, 0.3) is 0 Å². The van der Waals surface area contributed by atoms with Crippen LogP contribution < -0.4 is 5.32 Å². The Bertz CT molecular complexity index is 1370. The van der Waals surface area contributed by atoms with Gasteiger partial charge in [0.15, 0.2) is 0 Å². The first kappa shape index (κ1) is 26.3. The van der Waals surface area contributed by atoms with E-state index in [1.165, 1.54) is 22.1 Å². The Balaban J connectivity index is 1.16. The standard InChI is InChI=1S/C32H33FN4O3/c33-26-19-22(18-25-21-37(32(40)29(25)26)27-12-13-28(38)34-31(27)39)20-35-14-7-15-36(17-16-35)30(23-8-3-1-4-9-23)24-10-5-2-6-11-24/h1-6,8-11,18-19,27,30H,7,12-17,20-21H2,(H,34,38,39). The van der Waals surface area contributed by atoms with E-state index in [0.29, 0.717) is 12.1 Å². The summed E-state index contributed by atoms with van der Waals surface area (Å²) in [5.74, 6) is -1.85. The highest BCUT2D eigenvalue weighted by atomic mass is 19.1. The fraction of sp³-hybridized carbons (Fsp3) is 0.344. The number of halogens is 1. The average molecular weight is 541 g/mol. The number of benzene rings is 3. The highest BCUT2D eigenvalue weighted by molar-refractivity contribution is 6.05. The van der Waals surface area contributed by atoms with E-state index in [-0.39, 0.29) is 36.9 Å². The first-order chi connectivity index (χ1) is 19.5. The summed E-state index contributed by atoms with van der Waals surface area (Å²) in [5, 5.41) is 2.30. The Hall–Kier alpha value is -3.88. The topological polar surface area (TPSA) is 73.0 Å². The Morgan fingerprint density at radius 3 is 2.25 bits per heavy atom. The summed E-state index contributed by atoms with van der Waals surface area (Å²) in [6.07, 6.45) is 1.42. The second-order valence-electron chi connectivity index (χ2n) is 10.9. The summed E-state index contributed by atoms with van der Waals surface area (Å²) in [4.78, 5) is 43.2. The van der Waals surface area contributed by atoms with Gasteiger partial charge < -0.3 is 4.90 Å². The van der Waals surface area contributed by atoms with Gasteiger partial charge in [0.2, 0.25) is 11.8 Å². The maximum Gasteiger partial charge on any atom is 0.258 e. The molecule has 1 atom stereocenters. The van der Waals surface area contributed by atoms with Gasteiger partial charge in [-0.05, 0) is 47.7 Å². The average Bonchev–Trinajstić information content (AvgIpc) is 3.11. The molecule has 0 saturated carbocycles. The zero-order valence-electron chi connectivity index (χ0n) is 22.4. The van der Waals surface area contributed by atoms with Crippen LogP contribution in [0.2, 0.25) is 0 Å². The monoisotopic (exact) mass is 540 g/mol. The molecule has 3 amide bonds. The van der Waals surface area contributed by atoms with Crippen molar-refractivity contribution >= 4 is 17.7 Å². The summed E-state index contributed by atoms with van der Waals surface area (Å²) in [5.41, 5.74) is 4.02. The van der Waals surface area contributed by atoms with Crippen LogP contribution in [0.5, 0.6) is 0 Å². The van der Waals surface area contributed by atoms with Crippen LogP contribution in [-0.2, 0) is 22.7 Å². The summed E-state index contributed by atoms with van der Waals surface area (Å²) in [6.45, 7) is 4.34.